The van der Waals surface area contributed by atoms with Gasteiger partial charge in [0, 0.05) is 0 Å². The molecule has 1 amide bonds. The number of halogens is 2. The maximum Gasteiger partial charge on any atom is 0.272 e. The van der Waals surface area contributed by atoms with Gasteiger partial charge >= 0.3 is 0 Å². The van der Waals surface area contributed by atoms with E-state index in [0.29, 0.717) is 0 Å². The number of nitrogens with one attached hydrogen (secondary N) is 2. The molecule has 2 rings (SSSR count). The lowest BCUT2D eigenvalue weighted by Crippen LogP contribution is -2.52. The highest BCUT2D eigenvalue weighted by atomic mass is 35.5. The molecule has 0 aliphatic carbocycles. The molecular weight excluding hydrogens is 203 g/mol. The first kappa shape index (κ1) is 7.82. The number of amidine groups is 2. The molecule has 0 saturated carbocycles. The molecule has 0 aromatic rings. The van der Waals surface area contributed by atoms with Crippen LogP contribution in [0.15, 0.2) is 9.98 Å². The van der Waals surface area contributed by atoms with Crippen molar-refractivity contribution in [1.82, 2.24) is 10.6 Å². The molecule has 64 valence electrons. The molecule has 2 aliphatic heterocycles. The molecule has 1 unspecified atom stereocenters. The molecule has 2 N–H and O–H groups in total. The largest absolute Gasteiger partial charge is 0.333 e. The summed E-state index contributed by atoms with van der Waals surface area (Å²) >= 11 is 11.4. The van der Waals surface area contributed by atoms with E-state index in [0.717, 1.165) is 0 Å². The Balaban J connectivity index is 2.48. The van der Waals surface area contributed by atoms with E-state index in [4.69, 9.17) is 23.2 Å². The number of carbonyl (C=O) groups excluding carboxylic acids is 1. The summed E-state index contributed by atoms with van der Waals surface area (Å²) in [5.41, 5.74) is 0. The van der Waals surface area contributed by atoms with Gasteiger partial charge in [0.15, 0.2) is 11.1 Å². The van der Waals surface area contributed by atoms with Crippen LogP contribution in [-0.2, 0) is 4.79 Å². The van der Waals surface area contributed by atoms with Gasteiger partial charge in [0.1, 0.15) is 6.67 Å². The summed E-state index contributed by atoms with van der Waals surface area (Å²) in [6, 6.07) is 0. The molecule has 0 spiro atoms. The van der Waals surface area contributed by atoms with E-state index in [1.54, 1.807) is 0 Å². The first-order valence-electron chi connectivity index (χ1n) is 3.17. The molecule has 0 aromatic carbocycles. The summed E-state index contributed by atoms with van der Waals surface area (Å²) < 4.78 is 0. The minimum atomic E-state index is -1.46. The molecule has 0 bridgehead atoms. The monoisotopic (exact) mass is 206 g/mol. The van der Waals surface area contributed by atoms with Gasteiger partial charge in [-0.25, -0.2) is 9.98 Å². The van der Waals surface area contributed by atoms with Gasteiger partial charge in [0.25, 0.3) is 10.9 Å². The number of amides is 1. The third-order valence-corrected chi connectivity index (χ3v) is 2.18. The van der Waals surface area contributed by atoms with Gasteiger partial charge in [0.2, 0.25) is 0 Å². The lowest BCUT2D eigenvalue weighted by Gasteiger charge is -2.21. The van der Waals surface area contributed by atoms with Gasteiger partial charge in [-0.1, -0.05) is 11.6 Å². The summed E-state index contributed by atoms with van der Waals surface area (Å²) in [7, 11) is 0. The van der Waals surface area contributed by atoms with Crippen LogP contribution < -0.4 is 10.6 Å². The maximum absolute atomic E-state index is 11.2. The molecular formula is C5H4Cl2N4O. The van der Waals surface area contributed by atoms with E-state index < -0.39 is 10.9 Å². The molecule has 12 heavy (non-hydrogen) atoms. The van der Waals surface area contributed by atoms with Crippen LogP contribution in [0.4, 0.5) is 0 Å². The number of rotatable bonds is 0. The van der Waals surface area contributed by atoms with E-state index in [2.05, 4.69) is 20.6 Å². The van der Waals surface area contributed by atoms with Crippen LogP contribution in [0.2, 0.25) is 0 Å². The van der Waals surface area contributed by atoms with Crippen molar-refractivity contribution in [3.63, 3.8) is 0 Å². The molecule has 2 heterocycles. The molecule has 1 atom stereocenters. The van der Waals surface area contributed by atoms with Crippen molar-refractivity contribution < 1.29 is 4.79 Å². The van der Waals surface area contributed by atoms with Crippen LogP contribution in [0, 0.1) is 0 Å². The van der Waals surface area contributed by atoms with Gasteiger partial charge in [-0.3, -0.25) is 4.79 Å². The number of carbonyl (C=O) groups is 1. The van der Waals surface area contributed by atoms with E-state index >= 15 is 0 Å². The van der Waals surface area contributed by atoms with Gasteiger partial charge < -0.3 is 10.6 Å². The van der Waals surface area contributed by atoms with Crippen molar-refractivity contribution in [2.75, 3.05) is 6.67 Å². The van der Waals surface area contributed by atoms with Crippen molar-refractivity contribution in [3.05, 3.63) is 0 Å². The molecule has 0 radical (unpaired) electrons. The first-order valence-corrected chi connectivity index (χ1v) is 3.93. The second-order valence-electron chi connectivity index (χ2n) is 2.32. The number of nitrogens with zero attached hydrogens (tertiary/aromatic N) is 2. The zero-order valence-corrected chi connectivity index (χ0v) is 7.28. The Hall–Kier alpha value is -0.810. The van der Waals surface area contributed by atoms with Crippen molar-refractivity contribution in [3.8, 4) is 0 Å². The van der Waals surface area contributed by atoms with Gasteiger partial charge in [-0.2, -0.15) is 0 Å². The van der Waals surface area contributed by atoms with Crippen LogP contribution in [0.5, 0.6) is 0 Å². The summed E-state index contributed by atoms with van der Waals surface area (Å²) in [5.74, 6) is -0.116. The van der Waals surface area contributed by atoms with Crippen molar-refractivity contribution >= 4 is 40.2 Å². The highest BCUT2D eigenvalue weighted by molar-refractivity contribution is 6.69. The van der Waals surface area contributed by atoms with Crippen LogP contribution in [0.3, 0.4) is 0 Å². The number of hydrogen-bond acceptors (Lipinski definition) is 4. The van der Waals surface area contributed by atoms with Gasteiger partial charge in [-0.15, -0.1) is 0 Å². The molecule has 0 aromatic heterocycles. The third-order valence-electron chi connectivity index (χ3n) is 1.57. The second kappa shape index (κ2) is 2.34. The molecule has 5 nitrogen and oxygen atoms in total. The predicted molar refractivity (Wildman–Crippen MR) is 45.5 cm³/mol. The normalized spacial score (nSPS) is 33.0. The summed E-state index contributed by atoms with van der Waals surface area (Å²) in [4.78, 5) is 17.4. The minimum absolute atomic E-state index is 0.0841. The Labute approximate surface area is 77.8 Å². The van der Waals surface area contributed by atoms with Crippen LogP contribution >= 0.6 is 23.2 Å². The van der Waals surface area contributed by atoms with E-state index in [9.17, 15) is 4.79 Å². The lowest BCUT2D eigenvalue weighted by atomic mass is 10.2. The average molecular weight is 207 g/mol. The first-order chi connectivity index (χ1) is 5.63. The fourth-order valence-electron chi connectivity index (χ4n) is 1.01. The van der Waals surface area contributed by atoms with Crippen molar-refractivity contribution in [2.45, 2.75) is 5.00 Å². The third kappa shape index (κ3) is 0.899. The van der Waals surface area contributed by atoms with E-state index in [-0.39, 0.29) is 17.8 Å². The van der Waals surface area contributed by atoms with Crippen LogP contribution in [0.25, 0.3) is 0 Å². The predicted octanol–water partition coefficient (Wildman–Crippen LogP) is -0.395. The zero-order valence-electron chi connectivity index (χ0n) is 5.77. The Kier molecular flexibility index (Phi) is 1.52. The molecule has 7 heteroatoms. The van der Waals surface area contributed by atoms with E-state index in [1.165, 1.54) is 0 Å². The zero-order chi connectivity index (χ0) is 8.77. The molecule has 2 aliphatic rings. The van der Waals surface area contributed by atoms with E-state index in [1.807, 2.05) is 0 Å². The smallest absolute Gasteiger partial charge is 0.272 e. The van der Waals surface area contributed by atoms with Crippen LogP contribution in [0.1, 0.15) is 0 Å². The highest BCUT2D eigenvalue weighted by Gasteiger charge is 2.48. The summed E-state index contributed by atoms with van der Waals surface area (Å²) in [6.07, 6.45) is 0. The topological polar surface area (TPSA) is 65.8 Å². The Morgan fingerprint density at radius 3 is 3.00 bits per heavy atom. The molecule has 0 saturated heterocycles. The van der Waals surface area contributed by atoms with Crippen molar-refractivity contribution in [2.24, 2.45) is 9.98 Å². The average Bonchev–Trinajstić information content (AvgIpc) is 2.27. The number of fused-ring (bicyclic) bond motifs is 1. The number of hydrogen-bond donors (Lipinski definition) is 2. The standard InChI is InChI=1S/C5H4Cl2N4O/c6-4-10-2-5(7,11-4)3(12)9-1-8-2/h1H2,(H,9,12)(H,8,10,11). The Morgan fingerprint density at radius 2 is 2.33 bits per heavy atom. The number of aliphatic imine (C=N–C) groups is 2. The van der Waals surface area contributed by atoms with Crippen LogP contribution in [-0.4, -0.2) is 28.7 Å². The maximum atomic E-state index is 11.2. The summed E-state index contributed by atoms with van der Waals surface area (Å²) in [6.45, 7) is 0.204. The summed E-state index contributed by atoms with van der Waals surface area (Å²) in [5, 5.41) is 5.13. The quantitative estimate of drug-likeness (QED) is 0.419. The van der Waals surface area contributed by atoms with Crippen molar-refractivity contribution in [1.29, 1.82) is 0 Å². The van der Waals surface area contributed by atoms with Gasteiger partial charge in [0.05, 0.1) is 0 Å². The fourth-order valence-corrected chi connectivity index (χ4v) is 1.52. The lowest BCUT2D eigenvalue weighted by molar-refractivity contribution is -0.122. The highest BCUT2D eigenvalue weighted by Crippen LogP contribution is 2.25. The SMILES string of the molecule is O=C1NCN=C2NC(Cl)=NC12Cl. The fraction of sp³-hybridized carbons (Fsp3) is 0.400. The second-order valence-corrected chi connectivity index (χ2v) is 3.23. The Bertz CT molecular complexity index is 313. The van der Waals surface area contributed by atoms with Gasteiger partial charge in [-0.05, 0) is 11.6 Å². The minimum Gasteiger partial charge on any atom is -0.333 e. The number of alkyl halides is 1. The molecule has 0 fully saturated rings. The Morgan fingerprint density at radius 1 is 1.58 bits per heavy atom.